The molecule has 0 atom stereocenters. The highest BCUT2D eigenvalue weighted by Gasteiger charge is 2.12. The third-order valence-electron chi connectivity index (χ3n) is 3.30. The number of rotatable bonds is 7. The molecule has 0 fully saturated rings. The van der Waals surface area contributed by atoms with Gasteiger partial charge in [-0.25, -0.2) is 4.98 Å². The molecule has 0 unspecified atom stereocenters. The summed E-state index contributed by atoms with van der Waals surface area (Å²) >= 11 is 1.28. The first-order valence-electron chi connectivity index (χ1n) is 7.88. The van der Waals surface area contributed by atoms with Gasteiger partial charge in [-0.3, -0.25) is 9.89 Å². The number of carbonyl (C=O) groups is 1. The molecule has 3 rings (SSSR count). The van der Waals surface area contributed by atoms with E-state index in [2.05, 4.69) is 20.5 Å². The van der Waals surface area contributed by atoms with Gasteiger partial charge in [-0.2, -0.15) is 0 Å². The highest BCUT2D eigenvalue weighted by Crippen LogP contribution is 2.28. The summed E-state index contributed by atoms with van der Waals surface area (Å²) in [5.74, 6) is 1.51. The molecule has 2 aromatic carbocycles. The average Bonchev–Trinajstić information content (AvgIpc) is 3.10. The Labute approximate surface area is 150 Å². The molecule has 0 bridgehead atoms. The predicted octanol–water partition coefficient (Wildman–Crippen LogP) is 3.60. The third kappa shape index (κ3) is 4.60. The van der Waals surface area contributed by atoms with Gasteiger partial charge in [0, 0.05) is 5.69 Å². The Kier molecular flexibility index (Phi) is 5.69. The number of hydrogen-bond acceptors (Lipinski definition) is 5. The zero-order valence-corrected chi connectivity index (χ0v) is 14.5. The number of ether oxygens (including phenoxy) is 1. The third-order valence-corrected chi connectivity index (χ3v) is 4.14. The second-order valence-electron chi connectivity index (χ2n) is 5.10. The molecule has 1 amide bonds. The van der Waals surface area contributed by atoms with Gasteiger partial charge in [0.2, 0.25) is 11.1 Å². The van der Waals surface area contributed by atoms with Crippen molar-refractivity contribution in [1.82, 2.24) is 15.2 Å². The smallest absolute Gasteiger partial charge is 0.234 e. The fourth-order valence-electron chi connectivity index (χ4n) is 2.22. The van der Waals surface area contributed by atoms with Crippen LogP contribution in [0.5, 0.6) is 5.75 Å². The number of aromatic nitrogens is 3. The molecule has 3 aromatic rings. The minimum atomic E-state index is -0.0998. The van der Waals surface area contributed by atoms with E-state index in [1.807, 2.05) is 61.5 Å². The highest BCUT2D eigenvalue weighted by molar-refractivity contribution is 7.99. The molecule has 0 saturated carbocycles. The van der Waals surface area contributed by atoms with Crippen molar-refractivity contribution in [2.24, 2.45) is 0 Å². The van der Waals surface area contributed by atoms with Crippen LogP contribution in [0.4, 0.5) is 5.69 Å². The topological polar surface area (TPSA) is 79.9 Å². The summed E-state index contributed by atoms with van der Waals surface area (Å²) in [6.45, 7) is 2.51. The summed E-state index contributed by atoms with van der Waals surface area (Å²) in [5, 5.41) is 10.4. The second kappa shape index (κ2) is 8.34. The van der Waals surface area contributed by atoms with E-state index in [-0.39, 0.29) is 11.7 Å². The van der Waals surface area contributed by atoms with E-state index >= 15 is 0 Å². The number of nitrogens with zero attached hydrogens (tertiary/aromatic N) is 2. The number of anilines is 1. The van der Waals surface area contributed by atoms with Gasteiger partial charge in [0.1, 0.15) is 5.75 Å². The fraction of sp³-hybridized carbons (Fsp3) is 0.167. The van der Waals surface area contributed by atoms with Crippen molar-refractivity contribution in [3.63, 3.8) is 0 Å². The number of nitrogens with one attached hydrogen (secondary N) is 2. The van der Waals surface area contributed by atoms with Crippen molar-refractivity contribution in [2.75, 3.05) is 17.7 Å². The van der Waals surface area contributed by atoms with Crippen molar-refractivity contribution in [3.05, 3.63) is 54.6 Å². The van der Waals surface area contributed by atoms with E-state index in [0.717, 1.165) is 17.0 Å². The van der Waals surface area contributed by atoms with Crippen molar-refractivity contribution in [2.45, 2.75) is 12.1 Å². The summed E-state index contributed by atoms with van der Waals surface area (Å²) in [7, 11) is 0. The number of benzene rings is 2. The lowest BCUT2D eigenvalue weighted by Crippen LogP contribution is -2.13. The summed E-state index contributed by atoms with van der Waals surface area (Å²) in [6.07, 6.45) is 0. The van der Waals surface area contributed by atoms with Crippen LogP contribution in [0.2, 0.25) is 0 Å². The molecule has 0 radical (unpaired) electrons. The van der Waals surface area contributed by atoms with Crippen molar-refractivity contribution >= 4 is 23.4 Å². The van der Waals surface area contributed by atoms with Crippen molar-refractivity contribution < 1.29 is 9.53 Å². The van der Waals surface area contributed by atoms with Gasteiger partial charge in [-0.15, -0.1) is 5.10 Å². The Morgan fingerprint density at radius 3 is 2.72 bits per heavy atom. The van der Waals surface area contributed by atoms with Crippen LogP contribution in [0.1, 0.15) is 6.92 Å². The number of hydrogen-bond donors (Lipinski definition) is 2. The quantitative estimate of drug-likeness (QED) is 0.634. The standard InChI is InChI=1S/C18H18N4O2S/c1-2-24-15-11-7-6-10-14(15)17-20-18(22-21-17)25-12-16(23)19-13-8-4-3-5-9-13/h3-11H,2,12H2,1H3,(H,19,23)(H,20,21,22). The minimum absolute atomic E-state index is 0.0998. The highest BCUT2D eigenvalue weighted by atomic mass is 32.2. The molecule has 6 nitrogen and oxygen atoms in total. The first-order valence-corrected chi connectivity index (χ1v) is 8.87. The van der Waals surface area contributed by atoms with Gasteiger partial charge in [0.05, 0.1) is 17.9 Å². The second-order valence-corrected chi connectivity index (χ2v) is 6.04. The summed E-state index contributed by atoms with van der Waals surface area (Å²) in [4.78, 5) is 16.4. The molecule has 1 aromatic heterocycles. The monoisotopic (exact) mass is 354 g/mol. The van der Waals surface area contributed by atoms with Crippen LogP contribution in [0, 0.1) is 0 Å². The van der Waals surface area contributed by atoms with E-state index in [1.54, 1.807) is 0 Å². The molecular weight excluding hydrogens is 336 g/mol. The molecule has 0 saturated heterocycles. The number of carbonyl (C=O) groups excluding carboxylic acids is 1. The zero-order chi connectivity index (χ0) is 17.5. The van der Waals surface area contributed by atoms with Crippen LogP contribution >= 0.6 is 11.8 Å². The van der Waals surface area contributed by atoms with E-state index in [1.165, 1.54) is 11.8 Å². The molecule has 25 heavy (non-hydrogen) atoms. The van der Waals surface area contributed by atoms with Crippen LogP contribution in [-0.2, 0) is 4.79 Å². The lowest BCUT2D eigenvalue weighted by atomic mass is 10.2. The molecule has 7 heteroatoms. The molecule has 0 aliphatic heterocycles. The summed E-state index contributed by atoms with van der Waals surface area (Å²) < 4.78 is 5.61. The molecule has 0 aliphatic rings. The Morgan fingerprint density at radius 2 is 1.92 bits per heavy atom. The normalized spacial score (nSPS) is 10.4. The first-order chi connectivity index (χ1) is 12.3. The van der Waals surface area contributed by atoms with Crippen molar-refractivity contribution in [1.29, 1.82) is 0 Å². The molecule has 2 N–H and O–H groups in total. The van der Waals surface area contributed by atoms with Gasteiger partial charge in [-0.1, -0.05) is 42.1 Å². The lowest BCUT2D eigenvalue weighted by Gasteiger charge is -2.06. The number of para-hydroxylation sites is 2. The summed E-state index contributed by atoms with van der Waals surface area (Å²) in [5.41, 5.74) is 1.62. The Bertz CT molecular complexity index is 836. The molecule has 0 spiro atoms. The summed E-state index contributed by atoms with van der Waals surface area (Å²) in [6, 6.07) is 17.0. The predicted molar refractivity (Wildman–Crippen MR) is 98.8 cm³/mol. The van der Waals surface area contributed by atoms with Crippen LogP contribution in [-0.4, -0.2) is 33.4 Å². The minimum Gasteiger partial charge on any atom is -0.493 e. The van der Waals surface area contributed by atoms with E-state index < -0.39 is 0 Å². The van der Waals surface area contributed by atoms with Crippen molar-refractivity contribution in [3.8, 4) is 17.1 Å². The molecule has 0 aliphatic carbocycles. The molecular formula is C18H18N4O2S. The van der Waals surface area contributed by atoms with Gasteiger partial charge in [0.25, 0.3) is 0 Å². The van der Waals surface area contributed by atoms with E-state index in [4.69, 9.17) is 4.74 Å². The molecule has 1 heterocycles. The zero-order valence-electron chi connectivity index (χ0n) is 13.7. The van der Waals surface area contributed by atoms with Crippen LogP contribution in [0.3, 0.4) is 0 Å². The number of H-pyrrole nitrogens is 1. The van der Waals surface area contributed by atoms with Crippen LogP contribution < -0.4 is 10.1 Å². The van der Waals surface area contributed by atoms with Gasteiger partial charge in [-0.05, 0) is 31.2 Å². The SMILES string of the molecule is CCOc1ccccc1-c1nc(SCC(=O)Nc2ccccc2)n[nH]1. The Morgan fingerprint density at radius 1 is 1.16 bits per heavy atom. The van der Waals surface area contributed by atoms with Gasteiger partial charge in [0.15, 0.2) is 5.82 Å². The maximum atomic E-state index is 12.0. The number of amides is 1. The maximum Gasteiger partial charge on any atom is 0.234 e. The number of aromatic amines is 1. The number of thioether (sulfide) groups is 1. The van der Waals surface area contributed by atoms with Crippen LogP contribution in [0.15, 0.2) is 59.8 Å². The maximum absolute atomic E-state index is 12.0. The average molecular weight is 354 g/mol. The van der Waals surface area contributed by atoms with E-state index in [0.29, 0.717) is 17.6 Å². The lowest BCUT2D eigenvalue weighted by molar-refractivity contribution is -0.113. The first kappa shape index (κ1) is 17.0. The van der Waals surface area contributed by atoms with Crippen LogP contribution in [0.25, 0.3) is 11.4 Å². The van der Waals surface area contributed by atoms with Gasteiger partial charge < -0.3 is 10.1 Å². The Hall–Kier alpha value is -2.80. The fourth-order valence-corrected chi connectivity index (χ4v) is 2.82. The van der Waals surface area contributed by atoms with Gasteiger partial charge >= 0.3 is 0 Å². The largest absolute Gasteiger partial charge is 0.493 e. The Balaban J connectivity index is 1.61. The molecule has 128 valence electrons. The van der Waals surface area contributed by atoms with E-state index in [9.17, 15) is 4.79 Å².